The van der Waals surface area contributed by atoms with Crippen LogP contribution in [0.5, 0.6) is 0 Å². The third-order valence-electron chi connectivity index (χ3n) is 4.10. The molecule has 1 atom stereocenters. The highest BCUT2D eigenvalue weighted by Crippen LogP contribution is 2.20. The lowest BCUT2D eigenvalue weighted by Gasteiger charge is -2.32. The molecule has 1 aromatic heterocycles. The van der Waals surface area contributed by atoms with Crippen molar-refractivity contribution in [1.82, 2.24) is 15.2 Å². The molecular formula is C16H21N3O. The maximum absolute atomic E-state index is 12.6. The zero-order valence-electron chi connectivity index (χ0n) is 11.9. The zero-order valence-corrected chi connectivity index (χ0v) is 11.9. The molecule has 1 aliphatic rings. The van der Waals surface area contributed by atoms with Gasteiger partial charge in [0.15, 0.2) is 0 Å². The van der Waals surface area contributed by atoms with Crippen molar-refractivity contribution in [3.63, 3.8) is 0 Å². The lowest BCUT2D eigenvalue weighted by Crippen LogP contribution is -2.42. The molecule has 1 fully saturated rings. The molecule has 2 aromatic rings. The Labute approximate surface area is 119 Å². The molecule has 1 unspecified atom stereocenters. The lowest BCUT2D eigenvalue weighted by atomic mass is 9.97. The number of piperidine rings is 1. The van der Waals surface area contributed by atoms with E-state index in [9.17, 15) is 4.79 Å². The van der Waals surface area contributed by atoms with Gasteiger partial charge in [-0.3, -0.25) is 4.79 Å². The van der Waals surface area contributed by atoms with Crippen molar-refractivity contribution in [3.05, 3.63) is 36.0 Å². The standard InChI is InChI=1S/C16H21N3O/c1-17-10-12-3-2-8-19(11-12)16(20)14-4-5-15-13(9-14)6-7-18-15/h4-7,9,12,17-18H,2-3,8,10-11H2,1H3. The number of benzene rings is 1. The van der Waals surface area contributed by atoms with Gasteiger partial charge in [0.1, 0.15) is 0 Å². The molecule has 20 heavy (non-hydrogen) atoms. The van der Waals surface area contributed by atoms with Crippen LogP contribution in [0.15, 0.2) is 30.5 Å². The Bertz CT molecular complexity index is 603. The van der Waals surface area contributed by atoms with Crippen LogP contribution in [-0.2, 0) is 0 Å². The Kier molecular flexibility index (Phi) is 3.74. The van der Waals surface area contributed by atoms with Crippen LogP contribution < -0.4 is 5.32 Å². The van der Waals surface area contributed by atoms with Gasteiger partial charge < -0.3 is 15.2 Å². The first-order chi connectivity index (χ1) is 9.78. The monoisotopic (exact) mass is 271 g/mol. The second-order valence-corrected chi connectivity index (χ2v) is 5.60. The molecule has 3 rings (SSSR count). The van der Waals surface area contributed by atoms with E-state index in [0.717, 1.165) is 42.5 Å². The largest absolute Gasteiger partial charge is 0.361 e. The van der Waals surface area contributed by atoms with E-state index >= 15 is 0 Å². The third kappa shape index (κ3) is 2.56. The fourth-order valence-corrected chi connectivity index (χ4v) is 3.07. The third-order valence-corrected chi connectivity index (χ3v) is 4.10. The predicted octanol–water partition coefficient (Wildman–Crippen LogP) is 2.24. The normalized spacial score (nSPS) is 19.4. The van der Waals surface area contributed by atoms with Crippen LogP contribution in [0.3, 0.4) is 0 Å². The molecule has 0 saturated carbocycles. The number of carbonyl (C=O) groups is 1. The smallest absolute Gasteiger partial charge is 0.253 e. The lowest BCUT2D eigenvalue weighted by molar-refractivity contribution is 0.0674. The Hall–Kier alpha value is -1.81. The van der Waals surface area contributed by atoms with Gasteiger partial charge in [-0.1, -0.05) is 0 Å². The van der Waals surface area contributed by atoms with E-state index in [1.165, 1.54) is 6.42 Å². The number of nitrogens with zero attached hydrogens (tertiary/aromatic N) is 1. The van der Waals surface area contributed by atoms with E-state index in [0.29, 0.717) is 5.92 Å². The summed E-state index contributed by atoms with van der Waals surface area (Å²) in [5, 5.41) is 4.31. The molecular weight excluding hydrogens is 250 g/mol. The molecule has 4 nitrogen and oxygen atoms in total. The number of H-pyrrole nitrogens is 1. The number of likely N-dealkylation sites (tertiary alicyclic amines) is 1. The van der Waals surface area contributed by atoms with Gasteiger partial charge in [0.05, 0.1) is 0 Å². The van der Waals surface area contributed by atoms with Crippen LogP contribution in [0.2, 0.25) is 0 Å². The summed E-state index contributed by atoms with van der Waals surface area (Å²) in [5.74, 6) is 0.739. The molecule has 0 spiro atoms. The van der Waals surface area contributed by atoms with Gasteiger partial charge in [-0.05, 0) is 56.6 Å². The van der Waals surface area contributed by atoms with Crippen LogP contribution in [0.25, 0.3) is 10.9 Å². The molecule has 1 aromatic carbocycles. The Morgan fingerprint density at radius 3 is 3.20 bits per heavy atom. The van der Waals surface area contributed by atoms with Crippen molar-refractivity contribution in [2.45, 2.75) is 12.8 Å². The zero-order chi connectivity index (χ0) is 13.9. The summed E-state index contributed by atoms with van der Waals surface area (Å²) in [7, 11) is 1.97. The minimum Gasteiger partial charge on any atom is -0.361 e. The minimum atomic E-state index is 0.161. The van der Waals surface area contributed by atoms with Crippen molar-refractivity contribution >= 4 is 16.8 Å². The SMILES string of the molecule is CNCC1CCCN(C(=O)c2ccc3[nH]ccc3c2)C1. The van der Waals surface area contributed by atoms with Crippen LogP contribution >= 0.6 is 0 Å². The second kappa shape index (κ2) is 5.67. The van der Waals surface area contributed by atoms with E-state index in [-0.39, 0.29) is 5.91 Å². The van der Waals surface area contributed by atoms with E-state index in [2.05, 4.69) is 10.3 Å². The Morgan fingerprint density at radius 2 is 2.35 bits per heavy atom. The van der Waals surface area contributed by atoms with Gasteiger partial charge in [-0.2, -0.15) is 0 Å². The van der Waals surface area contributed by atoms with Crippen LogP contribution in [-0.4, -0.2) is 42.5 Å². The summed E-state index contributed by atoms with van der Waals surface area (Å²) in [5.41, 5.74) is 1.87. The maximum Gasteiger partial charge on any atom is 0.253 e. The Balaban J connectivity index is 1.77. The van der Waals surface area contributed by atoms with Gasteiger partial charge in [0.2, 0.25) is 0 Å². The van der Waals surface area contributed by atoms with Crippen LogP contribution in [0.1, 0.15) is 23.2 Å². The van der Waals surface area contributed by atoms with Gasteiger partial charge >= 0.3 is 0 Å². The quantitative estimate of drug-likeness (QED) is 0.899. The second-order valence-electron chi connectivity index (χ2n) is 5.60. The van der Waals surface area contributed by atoms with Crippen LogP contribution in [0.4, 0.5) is 0 Å². The maximum atomic E-state index is 12.6. The highest BCUT2D eigenvalue weighted by molar-refractivity contribution is 5.98. The molecule has 1 saturated heterocycles. The van der Waals surface area contributed by atoms with Crippen molar-refractivity contribution in [3.8, 4) is 0 Å². The highest BCUT2D eigenvalue weighted by Gasteiger charge is 2.24. The predicted molar refractivity (Wildman–Crippen MR) is 80.9 cm³/mol. The summed E-state index contributed by atoms with van der Waals surface area (Å²) in [6.45, 7) is 2.73. The van der Waals surface area contributed by atoms with Gasteiger partial charge in [0, 0.05) is 35.8 Å². The number of amides is 1. The molecule has 0 radical (unpaired) electrons. The average molecular weight is 271 g/mol. The van der Waals surface area contributed by atoms with Crippen molar-refractivity contribution in [2.75, 3.05) is 26.7 Å². The summed E-state index contributed by atoms with van der Waals surface area (Å²) in [4.78, 5) is 17.8. The van der Waals surface area contributed by atoms with E-state index in [4.69, 9.17) is 0 Å². The average Bonchev–Trinajstić information content (AvgIpc) is 2.94. The first-order valence-electron chi connectivity index (χ1n) is 7.29. The summed E-state index contributed by atoms with van der Waals surface area (Å²) < 4.78 is 0. The highest BCUT2D eigenvalue weighted by atomic mass is 16.2. The summed E-state index contributed by atoms with van der Waals surface area (Å²) in [6.07, 6.45) is 4.22. The number of hydrogen-bond acceptors (Lipinski definition) is 2. The number of rotatable bonds is 3. The number of aromatic nitrogens is 1. The topological polar surface area (TPSA) is 48.1 Å². The molecule has 2 heterocycles. The molecule has 0 bridgehead atoms. The summed E-state index contributed by atoms with van der Waals surface area (Å²) in [6, 6.07) is 7.89. The van der Waals surface area contributed by atoms with Gasteiger partial charge in [0.25, 0.3) is 5.91 Å². The van der Waals surface area contributed by atoms with Crippen molar-refractivity contribution in [1.29, 1.82) is 0 Å². The summed E-state index contributed by atoms with van der Waals surface area (Å²) >= 11 is 0. The number of aromatic amines is 1. The fraction of sp³-hybridized carbons (Fsp3) is 0.438. The van der Waals surface area contributed by atoms with E-state index < -0.39 is 0 Å². The van der Waals surface area contributed by atoms with Gasteiger partial charge in [-0.25, -0.2) is 0 Å². The molecule has 4 heteroatoms. The first kappa shape index (κ1) is 13.2. The van der Waals surface area contributed by atoms with Crippen LogP contribution in [0, 0.1) is 5.92 Å². The molecule has 106 valence electrons. The van der Waals surface area contributed by atoms with E-state index in [1.54, 1.807) is 0 Å². The molecule has 1 aliphatic heterocycles. The van der Waals surface area contributed by atoms with Gasteiger partial charge in [-0.15, -0.1) is 0 Å². The van der Waals surface area contributed by atoms with E-state index in [1.807, 2.05) is 42.4 Å². The first-order valence-corrected chi connectivity index (χ1v) is 7.29. The molecule has 2 N–H and O–H groups in total. The van der Waals surface area contributed by atoms with Crippen molar-refractivity contribution < 1.29 is 4.79 Å². The number of carbonyl (C=O) groups excluding carboxylic acids is 1. The Morgan fingerprint density at radius 1 is 1.45 bits per heavy atom. The number of nitrogens with one attached hydrogen (secondary N) is 2. The number of fused-ring (bicyclic) bond motifs is 1. The molecule has 1 amide bonds. The fourth-order valence-electron chi connectivity index (χ4n) is 3.07. The van der Waals surface area contributed by atoms with Crippen molar-refractivity contribution in [2.24, 2.45) is 5.92 Å². The minimum absolute atomic E-state index is 0.161. The number of hydrogen-bond donors (Lipinski definition) is 2. The molecule has 0 aliphatic carbocycles.